The molecular formula is C35H33IN4. The highest BCUT2D eigenvalue weighted by atomic mass is 127. The maximum Gasteiger partial charge on any atom is 0.165 e. The average Bonchev–Trinajstić information content (AvgIpc) is 3.79. The lowest BCUT2D eigenvalue weighted by molar-refractivity contribution is 0.590. The van der Waals surface area contributed by atoms with E-state index in [1.54, 1.807) is 0 Å². The van der Waals surface area contributed by atoms with Gasteiger partial charge in [0.2, 0.25) is 0 Å². The summed E-state index contributed by atoms with van der Waals surface area (Å²) in [6.45, 7) is 8.96. The summed E-state index contributed by atoms with van der Waals surface area (Å²) in [6.07, 6.45) is 5.60. The number of benzene rings is 3. The quantitative estimate of drug-likeness (QED) is 0.174. The second-order valence-electron chi connectivity index (χ2n) is 11.8. The molecule has 6 rings (SSSR count). The number of hydrogen-bond acceptors (Lipinski definition) is 4. The number of hydrogen-bond donors (Lipinski definition) is 0. The van der Waals surface area contributed by atoms with E-state index < -0.39 is 0 Å². The Morgan fingerprint density at radius 2 is 1.15 bits per heavy atom. The molecule has 0 unspecified atom stereocenters. The fourth-order valence-electron chi connectivity index (χ4n) is 5.17. The van der Waals surface area contributed by atoms with Crippen LogP contribution in [0.25, 0.3) is 45.4 Å². The minimum Gasteiger partial charge on any atom is -0.255 e. The van der Waals surface area contributed by atoms with Crippen LogP contribution >= 0.6 is 22.6 Å². The third-order valence-electron chi connectivity index (χ3n) is 8.09. The molecule has 200 valence electrons. The van der Waals surface area contributed by atoms with Gasteiger partial charge in [-0.3, -0.25) is 4.98 Å². The highest BCUT2D eigenvalue weighted by Crippen LogP contribution is 2.51. The zero-order valence-corrected chi connectivity index (χ0v) is 25.6. The molecule has 1 saturated carbocycles. The Bertz CT molecular complexity index is 1630. The molecule has 5 heteroatoms. The van der Waals surface area contributed by atoms with E-state index >= 15 is 0 Å². The Morgan fingerprint density at radius 1 is 0.650 bits per heavy atom. The van der Waals surface area contributed by atoms with Crippen LogP contribution in [0.2, 0.25) is 0 Å². The van der Waals surface area contributed by atoms with Crippen LogP contribution in [-0.4, -0.2) is 19.9 Å². The molecule has 2 heterocycles. The first-order valence-corrected chi connectivity index (χ1v) is 15.0. The minimum absolute atomic E-state index is 0.0809. The molecule has 2 aromatic heterocycles. The van der Waals surface area contributed by atoms with Crippen molar-refractivity contribution in [3.8, 4) is 45.4 Å². The van der Waals surface area contributed by atoms with Gasteiger partial charge in [0.05, 0.1) is 5.69 Å². The number of halogens is 1. The van der Waals surface area contributed by atoms with Crippen molar-refractivity contribution in [3.63, 3.8) is 0 Å². The summed E-state index contributed by atoms with van der Waals surface area (Å²) in [7, 11) is 0. The molecule has 1 aliphatic rings. The maximum atomic E-state index is 4.95. The van der Waals surface area contributed by atoms with Crippen molar-refractivity contribution in [1.82, 2.24) is 19.9 Å². The van der Waals surface area contributed by atoms with Gasteiger partial charge in [-0.2, -0.15) is 0 Å². The van der Waals surface area contributed by atoms with Gasteiger partial charge in [-0.05, 0) is 88.1 Å². The highest BCUT2D eigenvalue weighted by Gasteiger charge is 2.42. The van der Waals surface area contributed by atoms with Gasteiger partial charge in [0, 0.05) is 32.0 Å². The van der Waals surface area contributed by atoms with Crippen molar-refractivity contribution in [2.24, 2.45) is 0 Å². The van der Waals surface area contributed by atoms with Gasteiger partial charge in [0.15, 0.2) is 17.5 Å². The Hall–Kier alpha value is -3.45. The lowest BCUT2D eigenvalue weighted by Crippen LogP contribution is -2.10. The average molecular weight is 637 g/mol. The summed E-state index contributed by atoms with van der Waals surface area (Å²) in [6, 6.07) is 29.9. The first-order valence-electron chi connectivity index (χ1n) is 13.9. The molecule has 1 fully saturated rings. The summed E-state index contributed by atoms with van der Waals surface area (Å²) in [5.41, 5.74) is 7.99. The van der Waals surface area contributed by atoms with Crippen molar-refractivity contribution < 1.29 is 0 Å². The topological polar surface area (TPSA) is 51.6 Å². The number of rotatable bonds is 6. The summed E-state index contributed by atoms with van der Waals surface area (Å²) >= 11 is 2.32. The number of nitrogens with zero attached hydrogens (tertiary/aromatic N) is 4. The SMILES string of the molecule is CCC1(c2ccc(-c3nc(-c4ccc(C(C)(C)C)cc4)nc(-c4ccc(-c5ccc(I)cc5)nc4)n3)cc2)CC1. The molecule has 0 saturated heterocycles. The molecule has 0 aliphatic heterocycles. The normalized spacial score (nSPS) is 14.2. The van der Waals surface area contributed by atoms with Gasteiger partial charge in [-0.1, -0.05) is 88.4 Å². The Labute approximate surface area is 250 Å². The molecule has 0 atom stereocenters. The third-order valence-corrected chi connectivity index (χ3v) is 8.81. The van der Waals surface area contributed by atoms with E-state index in [0.717, 1.165) is 27.9 Å². The molecule has 3 aromatic carbocycles. The van der Waals surface area contributed by atoms with Gasteiger partial charge in [-0.15, -0.1) is 0 Å². The molecule has 40 heavy (non-hydrogen) atoms. The smallest absolute Gasteiger partial charge is 0.165 e. The molecule has 0 radical (unpaired) electrons. The van der Waals surface area contributed by atoms with Gasteiger partial charge >= 0.3 is 0 Å². The van der Waals surface area contributed by atoms with Crippen LogP contribution in [-0.2, 0) is 10.8 Å². The number of pyridine rings is 1. The van der Waals surface area contributed by atoms with Crippen LogP contribution < -0.4 is 0 Å². The monoisotopic (exact) mass is 636 g/mol. The molecule has 0 N–H and O–H groups in total. The van der Waals surface area contributed by atoms with Gasteiger partial charge in [0.1, 0.15) is 0 Å². The molecule has 0 amide bonds. The zero-order valence-electron chi connectivity index (χ0n) is 23.4. The molecule has 0 bridgehead atoms. The van der Waals surface area contributed by atoms with Crippen molar-refractivity contribution in [2.45, 2.75) is 57.8 Å². The van der Waals surface area contributed by atoms with E-state index in [4.69, 9.17) is 19.9 Å². The van der Waals surface area contributed by atoms with E-state index in [2.05, 4.69) is 123 Å². The van der Waals surface area contributed by atoms with Crippen LogP contribution in [0.15, 0.2) is 91.1 Å². The van der Waals surface area contributed by atoms with Crippen molar-refractivity contribution in [1.29, 1.82) is 0 Å². The molecule has 0 spiro atoms. The van der Waals surface area contributed by atoms with Crippen LogP contribution in [0, 0.1) is 3.57 Å². The van der Waals surface area contributed by atoms with Crippen LogP contribution in [0.4, 0.5) is 0 Å². The molecular weight excluding hydrogens is 603 g/mol. The predicted octanol–water partition coefficient (Wildman–Crippen LogP) is 9.28. The minimum atomic E-state index is 0.0809. The molecule has 1 aliphatic carbocycles. The van der Waals surface area contributed by atoms with Gasteiger partial charge in [0.25, 0.3) is 0 Å². The van der Waals surface area contributed by atoms with Crippen molar-refractivity contribution in [2.75, 3.05) is 0 Å². The maximum absolute atomic E-state index is 4.95. The first-order chi connectivity index (χ1) is 19.2. The predicted molar refractivity (Wildman–Crippen MR) is 172 cm³/mol. The zero-order chi connectivity index (χ0) is 27.9. The summed E-state index contributed by atoms with van der Waals surface area (Å²) in [4.78, 5) is 19.6. The summed E-state index contributed by atoms with van der Waals surface area (Å²) < 4.78 is 1.20. The summed E-state index contributed by atoms with van der Waals surface area (Å²) in [5, 5.41) is 0. The Balaban J connectivity index is 1.40. The fraction of sp³-hybridized carbons (Fsp3) is 0.257. The number of aromatic nitrogens is 4. The highest BCUT2D eigenvalue weighted by molar-refractivity contribution is 14.1. The van der Waals surface area contributed by atoms with Crippen LogP contribution in [0.3, 0.4) is 0 Å². The second-order valence-corrected chi connectivity index (χ2v) is 13.0. The standard InChI is InChI=1S/C35H33IN4/c1-5-35(20-21-35)28-15-8-25(9-16-28)32-38-31(24-6-13-27(14-7-24)34(2,3)4)39-33(40-32)26-12-19-30(37-22-26)23-10-17-29(36)18-11-23/h6-19,22H,5,20-21H2,1-4H3. The van der Waals surface area contributed by atoms with Crippen molar-refractivity contribution >= 4 is 22.6 Å². The third kappa shape index (κ3) is 5.44. The van der Waals surface area contributed by atoms with Crippen LogP contribution in [0.5, 0.6) is 0 Å². The Morgan fingerprint density at radius 3 is 1.62 bits per heavy atom. The van der Waals surface area contributed by atoms with E-state index in [9.17, 15) is 0 Å². The summed E-state index contributed by atoms with van der Waals surface area (Å²) in [5.74, 6) is 1.96. The van der Waals surface area contributed by atoms with E-state index in [1.165, 1.54) is 34.0 Å². The first kappa shape index (κ1) is 26.8. The fourth-order valence-corrected chi connectivity index (χ4v) is 5.53. The van der Waals surface area contributed by atoms with Gasteiger partial charge < -0.3 is 0 Å². The van der Waals surface area contributed by atoms with Crippen LogP contribution in [0.1, 0.15) is 58.1 Å². The second kappa shape index (κ2) is 10.5. The molecule has 5 aromatic rings. The molecule has 4 nitrogen and oxygen atoms in total. The van der Waals surface area contributed by atoms with E-state index in [1.807, 2.05) is 18.3 Å². The lowest BCUT2D eigenvalue weighted by Gasteiger charge is -2.19. The van der Waals surface area contributed by atoms with Crippen molar-refractivity contribution in [3.05, 3.63) is 106 Å². The van der Waals surface area contributed by atoms with E-state index in [0.29, 0.717) is 22.9 Å². The van der Waals surface area contributed by atoms with Gasteiger partial charge in [-0.25, -0.2) is 15.0 Å². The van der Waals surface area contributed by atoms with E-state index in [-0.39, 0.29) is 5.41 Å². The Kier molecular flexibility index (Phi) is 7.03. The largest absolute Gasteiger partial charge is 0.255 e. The lowest BCUT2D eigenvalue weighted by atomic mass is 9.87.